The summed E-state index contributed by atoms with van der Waals surface area (Å²) in [6.45, 7) is 12.3. The zero-order valence-electron chi connectivity index (χ0n) is 11.1. The first-order chi connectivity index (χ1) is 6.76. The van der Waals surface area contributed by atoms with Crippen LogP contribution in [0.4, 0.5) is 0 Å². The molecule has 0 fully saturated rings. The molecule has 0 N–H and O–H groups in total. The van der Waals surface area contributed by atoms with E-state index in [1.54, 1.807) is 0 Å². The third kappa shape index (κ3) is 7.40. The van der Waals surface area contributed by atoms with Crippen LogP contribution >= 0.6 is 0 Å². The Hall–Kier alpha value is -0.530. The molecular formula is C13H26O2. The molecule has 0 aromatic carbocycles. The lowest BCUT2D eigenvalue weighted by Crippen LogP contribution is -2.24. The fourth-order valence-electron chi connectivity index (χ4n) is 1.42. The molecule has 0 unspecified atom stereocenters. The second-order valence-corrected chi connectivity index (χ2v) is 5.49. The molecule has 0 amide bonds. The SMILES string of the molecule is CC[C@@H](C)[C@H](C)CCC(=O)OC(C)(C)C. The highest BCUT2D eigenvalue weighted by molar-refractivity contribution is 5.69. The summed E-state index contributed by atoms with van der Waals surface area (Å²) >= 11 is 0. The minimum Gasteiger partial charge on any atom is -0.460 e. The van der Waals surface area contributed by atoms with Gasteiger partial charge < -0.3 is 4.74 Å². The second kappa shape index (κ2) is 6.14. The van der Waals surface area contributed by atoms with Gasteiger partial charge in [-0.2, -0.15) is 0 Å². The van der Waals surface area contributed by atoms with Crippen molar-refractivity contribution in [3.8, 4) is 0 Å². The summed E-state index contributed by atoms with van der Waals surface area (Å²) in [5.74, 6) is 1.22. The summed E-state index contributed by atoms with van der Waals surface area (Å²) in [4.78, 5) is 11.5. The third-order valence-electron chi connectivity index (χ3n) is 2.84. The Morgan fingerprint density at radius 3 is 2.13 bits per heavy atom. The van der Waals surface area contributed by atoms with Crippen molar-refractivity contribution >= 4 is 5.97 Å². The van der Waals surface area contributed by atoms with E-state index in [2.05, 4.69) is 20.8 Å². The van der Waals surface area contributed by atoms with Crippen LogP contribution in [0.2, 0.25) is 0 Å². The van der Waals surface area contributed by atoms with Gasteiger partial charge >= 0.3 is 5.97 Å². The Labute approximate surface area is 94.4 Å². The summed E-state index contributed by atoms with van der Waals surface area (Å²) in [6, 6.07) is 0. The van der Waals surface area contributed by atoms with Crippen LogP contribution in [-0.2, 0) is 9.53 Å². The number of carbonyl (C=O) groups excluding carboxylic acids is 1. The van der Waals surface area contributed by atoms with Crippen LogP contribution in [0.3, 0.4) is 0 Å². The highest BCUT2D eigenvalue weighted by Gasteiger charge is 2.18. The molecule has 0 aliphatic heterocycles. The molecule has 0 rings (SSSR count). The molecule has 0 bridgehead atoms. The molecule has 2 atom stereocenters. The van der Waals surface area contributed by atoms with E-state index >= 15 is 0 Å². The molecule has 0 radical (unpaired) electrons. The van der Waals surface area contributed by atoms with Gasteiger partial charge in [0.2, 0.25) is 0 Å². The first-order valence-corrected chi connectivity index (χ1v) is 5.98. The molecular weight excluding hydrogens is 188 g/mol. The van der Waals surface area contributed by atoms with Gasteiger partial charge in [-0.15, -0.1) is 0 Å². The highest BCUT2D eigenvalue weighted by Crippen LogP contribution is 2.20. The summed E-state index contributed by atoms with van der Waals surface area (Å²) in [7, 11) is 0. The lowest BCUT2D eigenvalue weighted by atomic mass is 9.90. The van der Waals surface area contributed by atoms with Crippen molar-refractivity contribution in [2.24, 2.45) is 11.8 Å². The smallest absolute Gasteiger partial charge is 0.306 e. The van der Waals surface area contributed by atoms with Gasteiger partial charge in [0.15, 0.2) is 0 Å². The monoisotopic (exact) mass is 214 g/mol. The molecule has 0 aromatic rings. The van der Waals surface area contributed by atoms with Gasteiger partial charge in [-0.25, -0.2) is 0 Å². The van der Waals surface area contributed by atoms with Crippen molar-refractivity contribution in [3.63, 3.8) is 0 Å². The standard InChI is InChI=1S/C13H26O2/c1-7-10(2)11(3)8-9-12(14)15-13(4,5)6/h10-11H,7-9H2,1-6H3/t10-,11-/m1/s1. The third-order valence-corrected chi connectivity index (χ3v) is 2.84. The number of hydrogen-bond donors (Lipinski definition) is 0. The quantitative estimate of drug-likeness (QED) is 0.651. The number of hydrogen-bond acceptors (Lipinski definition) is 2. The Bertz CT molecular complexity index is 191. The van der Waals surface area contributed by atoms with Gasteiger partial charge in [-0.3, -0.25) is 4.79 Å². The van der Waals surface area contributed by atoms with Gasteiger partial charge in [-0.1, -0.05) is 27.2 Å². The summed E-state index contributed by atoms with van der Waals surface area (Å²) < 4.78 is 5.26. The van der Waals surface area contributed by atoms with Crippen molar-refractivity contribution in [2.45, 2.75) is 66.4 Å². The molecule has 0 heterocycles. The lowest BCUT2D eigenvalue weighted by Gasteiger charge is -2.21. The van der Waals surface area contributed by atoms with Crippen molar-refractivity contribution in [1.82, 2.24) is 0 Å². The van der Waals surface area contributed by atoms with Gasteiger partial charge in [0.1, 0.15) is 5.60 Å². The summed E-state index contributed by atoms with van der Waals surface area (Å²) in [5, 5.41) is 0. The van der Waals surface area contributed by atoms with Crippen LogP contribution in [-0.4, -0.2) is 11.6 Å². The summed E-state index contributed by atoms with van der Waals surface area (Å²) in [6.07, 6.45) is 2.65. The molecule has 0 aliphatic rings. The predicted molar refractivity (Wildman–Crippen MR) is 63.7 cm³/mol. The van der Waals surface area contributed by atoms with E-state index in [1.807, 2.05) is 20.8 Å². The predicted octanol–water partition coefficient (Wildman–Crippen LogP) is 3.79. The van der Waals surface area contributed by atoms with Crippen LogP contribution < -0.4 is 0 Å². The maximum absolute atomic E-state index is 11.5. The minimum absolute atomic E-state index is 0.0716. The van der Waals surface area contributed by atoms with E-state index in [1.165, 1.54) is 6.42 Å². The molecule has 0 spiro atoms. The Morgan fingerprint density at radius 1 is 1.20 bits per heavy atom. The Morgan fingerprint density at radius 2 is 1.73 bits per heavy atom. The average molecular weight is 214 g/mol. The summed E-state index contributed by atoms with van der Waals surface area (Å²) in [5.41, 5.74) is -0.351. The number of ether oxygens (including phenoxy) is 1. The molecule has 0 saturated carbocycles. The van der Waals surface area contributed by atoms with Crippen molar-refractivity contribution in [2.75, 3.05) is 0 Å². The van der Waals surface area contributed by atoms with E-state index in [0.29, 0.717) is 18.3 Å². The topological polar surface area (TPSA) is 26.3 Å². The lowest BCUT2D eigenvalue weighted by molar-refractivity contribution is -0.155. The van der Waals surface area contributed by atoms with Gasteiger partial charge in [0.25, 0.3) is 0 Å². The van der Waals surface area contributed by atoms with Crippen molar-refractivity contribution in [1.29, 1.82) is 0 Å². The normalized spacial score (nSPS) is 15.9. The van der Waals surface area contributed by atoms with E-state index in [9.17, 15) is 4.79 Å². The zero-order valence-corrected chi connectivity index (χ0v) is 11.1. The van der Waals surface area contributed by atoms with Crippen molar-refractivity contribution < 1.29 is 9.53 Å². The Balaban J connectivity index is 3.81. The molecule has 0 saturated heterocycles. The maximum atomic E-state index is 11.5. The van der Waals surface area contributed by atoms with E-state index in [-0.39, 0.29) is 11.6 Å². The Kier molecular flexibility index (Phi) is 5.92. The first kappa shape index (κ1) is 14.5. The zero-order chi connectivity index (χ0) is 12.1. The van der Waals surface area contributed by atoms with Crippen LogP contribution in [0.1, 0.15) is 60.8 Å². The van der Waals surface area contributed by atoms with Crippen molar-refractivity contribution in [3.05, 3.63) is 0 Å². The fraction of sp³-hybridized carbons (Fsp3) is 0.923. The largest absolute Gasteiger partial charge is 0.460 e. The van der Waals surface area contributed by atoms with E-state index in [0.717, 1.165) is 6.42 Å². The highest BCUT2D eigenvalue weighted by atomic mass is 16.6. The van der Waals surface area contributed by atoms with Crippen LogP contribution in [0.25, 0.3) is 0 Å². The maximum Gasteiger partial charge on any atom is 0.306 e. The number of carbonyl (C=O) groups is 1. The average Bonchev–Trinajstić information content (AvgIpc) is 2.10. The van der Waals surface area contributed by atoms with Crippen LogP contribution in [0, 0.1) is 11.8 Å². The van der Waals surface area contributed by atoms with Crippen LogP contribution in [0.5, 0.6) is 0 Å². The van der Waals surface area contributed by atoms with Gasteiger partial charge in [0.05, 0.1) is 0 Å². The fourth-order valence-corrected chi connectivity index (χ4v) is 1.42. The molecule has 0 aromatic heterocycles. The molecule has 90 valence electrons. The van der Waals surface area contributed by atoms with Gasteiger partial charge in [0, 0.05) is 6.42 Å². The van der Waals surface area contributed by atoms with E-state index in [4.69, 9.17) is 4.74 Å². The number of rotatable bonds is 5. The molecule has 0 aliphatic carbocycles. The first-order valence-electron chi connectivity index (χ1n) is 5.98. The van der Waals surface area contributed by atoms with Gasteiger partial charge in [-0.05, 0) is 39.0 Å². The van der Waals surface area contributed by atoms with E-state index < -0.39 is 0 Å². The molecule has 2 nitrogen and oxygen atoms in total. The van der Waals surface area contributed by atoms with Crippen LogP contribution in [0.15, 0.2) is 0 Å². The second-order valence-electron chi connectivity index (χ2n) is 5.49. The molecule has 2 heteroatoms. The molecule has 15 heavy (non-hydrogen) atoms. The number of esters is 1. The minimum atomic E-state index is -0.351.